The largest absolute Gasteiger partial charge is 0.265 e. The van der Waals surface area contributed by atoms with E-state index in [1.54, 1.807) is 6.92 Å². The van der Waals surface area contributed by atoms with E-state index in [0.717, 1.165) is 0 Å². The Hall–Kier alpha value is 0.560. The highest BCUT2D eigenvalue weighted by molar-refractivity contribution is 5.86. The molecule has 0 aliphatic heterocycles. The molecule has 0 aromatic rings. The molecule has 7 heteroatoms. The van der Waals surface area contributed by atoms with Crippen LogP contribution in [0.4, 0.5) is 0 Å². The zero-order valence-electron chi connectivity index (χ0n) is 5.31. The van der Waals surface area contributed by atoms with Crippen molar-refractivity contribution in [1.82, 2.24) is 0 Å². The molecule has 0 atom stereocenters. The van der Waals surface area contributed by atoms with Crippen LogP contribution in [0.3, 0.4) is 0 Å². The van der Waals surface area contributed by atoms with Crippen molar-refractivity contribution in [2.24, 2.45) is 0 Å². The Balaban J connectivity index is -0.0000000208. The van der Waals surface area contributed by atoms with Gasteiger partial charge in [-0.15, -0.1) is 49.6 Å². The van der Waals surface area contributed by atoms with Crippen LogP contribution in [0.5, 0.6) is 0 Å². The first kappa shape index (κ1) is 31.2. The van der Waals surface area contributed by atoms with E-state index in [1.165, 1.54) is 0 Å². The van der Waals surface area contributed by atoms with Gasteiger partial charge >= 0.3 is 0 Å². The second kappa shape index (κ2) is 22.7. The maximum absolute atomic E-state index is 9.40. The third-order valence-electron chi connectivity index (χ3n) is 0.406. The summed E-state index contributed by atoms with van der Waals surface area (Å²) in [5.74, 6) is 0. The van der Waals surface area contributed by atoms with Gasteiger partial charge in [0.15, 0.2) is 0 Å². The van der Waals surface area contributed by atoms with E-state index in [0.29, 0.717) is 6.42 Å². The van der Waals surface area contributed by atoms with Gasteiger partial charge in [0.1, 0.15) is 0 Å². The van der Waals surface area contributed by atoms with Gasteiger partial charge in [0.25, 0.3) is 0 Å². The first-order valence-electron chi connectivity index (χ1n) is 1.89. The van der Waals surface area contributed by atoms with Gasteiger partial charge in [-0.25, -0.2) is 0 Å². The standard InChI is InChI=1S/C3H7NO2.4ClH/c1-2-3-4(5)6;;;;/h2-3H2,1H3;4*1H. The molecule has 0 amide bonds. The lowest BCUT2D eigenvalue weighted by Crippen LogP contribution is -1.96. The first-order valence-corrected chi connectivity index (χ1v) is 1.89. The number of hydrogen-bond donors (Lipinski definition) is 0. The van der Waals surface area contributed by atoms with Crippen molar-refractivity contribution in [2.45, 2.75) is 13.3 Å². The quantitative estimate of drug-likeness (QED) is 0.544. The fourth-order valence-corrected chi connectivity index (χ4v) is 0.183. The molecule has 68 valence electrons. The lowest BCUT2D eigenvalue weighted by Gasteiger charge is -1.80. The molecule has 0 heterocycles. The molecule has 0 rings (SSSR count). The smallest absolute Gasteiger partial charge is 0.203 e. The maximum atomic E-state index is 9.40. The predicted octanol–water partition coefficient (Wildman–Crippen LogP) is 2.36. The summed E-state index contributed by atoms with van der Waals surface area (Å²) in [4.78, 5) is 9.09. The summed E-state index contributed by atoms with van der Waals surface area (Å²) >= 11 is 0. The van der Waals surface area contributed by atoms with Crippen LogP contribution in [0.15, 0.2) is 0 Å². The SMILES string of the molecule is CCC[N+](=O)[O-].Cl.Cl.Cl.Cl. The molecule has 0 aromatic carbocycles. The van der Waals surface area contributed by atoms with Gasteiger partial charge in [-0.3, -0.25) is 10.1 Å². The van der Waals surface area contributed by atoms with Crippen molar-refractivity contribution in [2.75, 3.05) is 6.54 Å². The molecule has 0 saturated carbocycles. The normalized spacial score (nSPS) is 4.90. The highest BCUT2D eigenvalue weighted by atomic mass is 35.5. The average Bonchev–Trinajstić information content (AvgIpc) is 1.35. The molecule has 0 radical (unpaired) electrons. The lowest BCUT2D eigenvalue weighted by molar-refractivity contribution is -0.479. The predicted molar refractivity (Wildman–Crippen MR) is 51.1 cm³/mol. The summed E-state index contributed by atoms with van der Waals surface area (Å²) in [5, 5.41) is 9.40. The number of hydrogen-bond acceptors (Lipinski definition) is 2. The summed E-state index contributed by atoms with van der Waals surface area (Å²) < 4.78 is 0. The fraction of sp³-hybridized carbons (Fsp3) is 1.00. The Morgan fingerprint density at radius 1 is 1.20 bits per heavy atom. The van der Waals surface area contributed by atoms with Gasteiger partial charge in [0.05, 0.1) is 0 Å². The third-order valence-corrected chi connectivity index (χ3v) is 0.406. The Morgan fingerprint density at radius 3 is 1.50 bits per heavy atom. The number of halogens is 4. The van der Waals surface area contributed by atoms with Crippen LogP contribution in [0, 0.1) is 10.1 Å². The van der Waals surface area contributed by atoms with Crippen LogP contribution >= 0.6 is 49.6 Å². The van der Waals surface area contributed by atoms with Crippen LogP contribution in [0.2, 0.25) is 0 Å². The summed E-state index contributed by atoms with van der Waals surface area (Å²) in [5.41, 5.74) is 0. The van der Waals surface area contributed by atoms with Crippen molar-refractivity contribution in [3.63, 3.8) is 0 Å². The summed E-state index contributed by atoms with van der Waals surface area (Å²) in [6.45, 7) is 1.88. The maximum Gasteiger partial charge on any atom is 0.203 e. The molecule has 0 aliphatic carbocycles. The van der Waals surface area contributed by atoms with Crippen molar-refractivity contribution in [3.05, 3.63) is 10.1 Å². The summed E-state index contributed by atoms with van der Waals surface area (Å²) in [6, 6.07) is 0. The van der Waals surface area contributed by atoms with E-state index in [4.69, 9.17) is 0 Å². The topological polar surface area (TPSA) is 43.1 Å². The van der Waals surface area contributed by atoms with Gasteiger partial charge in [0.2, 0.25) is 6.54 Å². The van der Waals surface area contributed by atoms with Gasteiger partial charge < -0.3 is 0 Å². The van der Waals surface area contributed by atoms with Gasteiger partial charge in [-0.2, -0.15) is 0 Å². The van der Waals surface area contributed by atoms with E-state index < -0.39 is 0 Å². The van der Waals surface area contributed by atoms with E-state index in [-0.39, 0.29) is 61.1 Å². The van der Waals surface area contributed by atoms with Crippen LogP contribution < -0.4 is 0 Å². The van der Waals surface area contributed by atoms with E-state index >= 15 is 0 Å². The van der Waals surface area contributed by atoms with E-state index in [9.17, 15) is 10.1 Å². The molecule has 3 nitrogen and oxygen atoms in total. The summed E-state index contributed by atoms with van der Waals surface area (Å²) in [7, 11) is 0. The zero-order valence-corrected chi connectivity index (χ0v) is 8.58. The minimum absolute atomic E-state index is 0. The highest BCUT2D eigenvalue weighted by Gasteiger charge is 1.85. The molecule has 0 bridgehead atoms. The molecule has 10 heavy (non-hydrogen) atoms. The van der Waals surface area contributed by atoms with Crippen LogP contribution in [-0.4, -0.2) is 11.5 Å². The number of rotatable bonds is 2. The van der Waals surface area contributed by atoms with Gasteiger partial charge in [-0.05, 0) is 0 Å². The first-order chi connectivity index (χ1) is 2.77. The van der Waals surface area contributed by atoms with E-state index in [1.807, 2.05) is 0 Å². The number of nitro groups is 1. The third kappa shape index (κ3) is 38.6. The van der Waals surface area contributed by atoms with Crippen LogP contribution in [0.1, 0.15) is 13.3 Å². The Kier molecular flexibility index (Phi) is 70.7. The molecule has 0 N–H and O–H groups in total. The average molecular weight is 235 g/mol. The van der Waals surface area contributed by atoms with Crippen LogP contribution in [0.25, 0.3) is 0 Å². The highest BCUT2D eigenvalue weighted by Crippen LogP contribution is 1.72. The number of nitrogens with zero attached hydrogens (tertiary/aromatic N) is 1. The minimum Gasteiger partial charge on any atom is -0.265 e. The molecule has 0 spiro atoms. The molecule has 0 saturated heterocycles. The molecule has 0 aliphatic rings. The minimum atomic E-state index is -0.319. The second-order valence-corrected chi connectivity index (χ2v) is 1.06. The Morgan fingerprint density at radius 2 is 1.50 bits per heavy atom. The van der Waals surface area contributed by atoms with Crippen molar-refractivity contribution in [1.29, 1.82) is 0 Å². The van der Waals surface area contributed by atoms with Crippen molar-refractivity contribution in [3.8, 4) is 0 Å². The van der Waals surface area contributed by atoms with Gasteiger partial charge in [-0.1, -0.05) is 6.92 Å². The van der Waals surface area contributed by atoms with Crippen molar-refractivity contribution >= 4 is 49.6 Å². The molecule has 0 unspecified atom stereocenters. The van der Waals surface area contributed by atoms with Gasteiger partial charge in [0, 0.05) is 11.3 Å². The zero-order chi connectivity index (χ0) is 4.99. The molecule has 0 aromatic heterocycles. The van der Waals surface area contributed by atoms with Crippen molar-refractivity contribution < 1.29 is 4.92 Å². The Bertz CT molecular complexity index is 62.5. The summed E-state index contributed by atoms with van der Waals surface area (Å²) in [6.07, 6.45) is 0.632. The molecular weight excluding hydrogens is 224 g/mol. The van der Waals surface area contributed by atoms with Crippen LogP contribution in [-0.2, 0) is 0 Å². The van der Waals surface area contributed by atoms with E-state index in [2.05, 4.69) is 0 Å². The Labute approximate surface area is 84.7 Å². The second-order valence-electron chi connectivity index (χ2n) is 1.06. The lowest BCUT2D eigenvalue weighted by atomic mass is 10.5. The monoisotopic (exact) mass is 233 g/mol. The fourth-order valence-electron chi connectivity index (χ4n) is 0.183. The molecular formula is C3H11Cl4NO2. The molecule has 0 fully saturated rings.